The first-order valence-corrected chi connectivity index (χ1v) is 6.62. The predicted octanol–water partition coefficient (Wildman–Crippen LogP) is 2.29. The van der Waals surface area contributed by atoms with Crippen LogP contribution in [0.25, 0.3) is 0 Å². The lowest BCUT2D eigenvalue weighted by molar-refractivity contribution is 0.0944. The monoisotopic (exact) mass is 247 g/mol. The van der Waals surface area contributed by atoms with Crippen molar-refractivity contribution < 1.29 is 4.79 Å². The minimum absolute atomic E-state index is 0.0238. The summed E-state index contributed by atoms with van der Waals surface area (Å²) in [6.45, 7) is 3.06. The van der Waals surface area contributed by atoms with Gasteiger partial charge in [0, 0.05) is 19.8 Å². The number of anilines is 1. The highest BCUT2D eigenvalue weighted by molar-refractivity contribution is 5.94. The van der Waals surface area contributed by atoms with Gasteiger partial charge in [0.25, 0.3) is 5.91 Å². The van der Waals surface area contributed by atoms with Crippen LogP contribution in [0.4, 0.5) is 5.82 Å². The summed E-state index contributed by atoms with van der Waals surface area (Å²) in [5.41, 5.74) is 0.625. The van der Waals surface area contributed by atoms with E-state index in [2.05, 4.69) is 22.5 Å². The molecular weight excluding hydrogens is 226 g/mol. The molecule has 2 N–H and O–H groups in total. The zero-order chi connectivity index (χ0) is 13.0. The Morgan fingerprint density at radius 3 is 2.83 bits per heavy atom. The molecule has 2 atom stereocenters. The molecule has 1 amide bonds. The van der Waals surface area contributed by atoms with Crippen molar-refractivity contribution in [3.63, 3.8) is 0 Å². The number of pyridine rings is 1. The summed E-state index contributed by atoms with van der Waals surface area (Å²) < 4.78 is 0. The average molecular weight is 247 g/mol. The van der Waals surface area contributed by atoms with Gasteiger partial charge in [0.05, 0.1) is 5.56 Å². The van der Waals surface area contributed by atoms with Crippen molar-refractivity contribution in [3.05, 3.63) is 23.9 Å². The van der Waals surface area contributed by atoms with Gasteiger partial charge in [0.15, 0.2) is 0 Å². The van der Waals surface area contributed by atoms with Crippen molar-refractivity contribution in [2.24, 2.45) is 11.8 Å². The zero-order valence-electron chi connectivity index (χ0n) is 11.1. The first-order chi connectivity index (χ1) is 8.70. The molecule has 1 fully saturated rings. The maximum absolute atomic E-state index is 11.9. The molecule has 4 heteroatoms. The van der Waals surface area contributed by atoms with Gasteiger partial charge in [-0.15, -0.1) is 0 Å². The molecule has 1 aliphatic rings. The molecule has 0 aliphatic heterocycles. The quantitative estimate of drug-likeness (QED) is 0.858. The van der Waals surface area contributed by atoms with Gasteiger partial charge in [-0.05, 0) is 30.4 Å². The summed E-state index contributed by atoms with van der Waals surface area (Å²) in [5, 5.41) is 5.94. The molecule has 1 aromatic rings. The largest absolute Gasteiger partial charge is 0.373 e. The standard InChI is InChI=1S/C14H21N3O/c1-10-4-3-5-11(10)8-17-14(18)12-6-7-13(15-2)16-9-12/h6-7,9-11H,3-5,8H2,1-2H3,(H,15,16)(H,17,18). The van der Waals surface area contributed by atoms with E-state index in [1.165, 1.54) is 19.3 Å². The van der Waals surface area contributed by atoms with Gasteiger partial charge in [-0.3, -0.25) is 4.79 Å². The fraction of sp³-hybridized carbons (Fsp3) is 0.571. The fourth-order valence-electron chi connectivity index (χ4n) is 2.53. The van der Waals surface area contributed by atoms with Gasteiger partial charge >= 0.3 is 0 Å². The third-order valence-corrected chi connectivity index (χ3v) is 3.85. The van der Waals surface area contributed by atoms with Crippen molar-refractivity contribution in [3.8, 4) is 0 Å². The Balaban J connectivity index is 1.87. The van der Waals surface area contributed by atoms with Crippen LogP contribution >= 0.6 is 0 Å². The Labute approximate surface area is 108 Å². The van der Waals surface area contributed by atoms with E-state index >= 15 is 0 Å². The van der Waals surface area contributed by atoms with Gasteiger partial charge in [-0.2, -0.15) is 0 Å². The van der Waals surface area contributed by atoms with Crippen LogP contribution in [0, 0.1) is 11.8 Å². The predicted molar refractivity (Wildman–Crippen MR) is 72.6 cm³/mol. The normalized spacial score (nSPS) is 22.8. The van der Waals surface area contributed by atoms with Crippen LogP contribution in [-0.4, -0.2) is 24.5 Å². The Hall–Kier alpha value is -1.58. The van der Waals surface area contributed by atoms with Crippen LogP contribution in [0.2, 0.25) is 0 Å². The van der Waals surface area contributed by atoms with E-state index in [0.717, 1.165) is 18.3 Å². The van der Waals surface area contributed by atoms with E-state index in [1.54, 1.807) is 12.3 Å². The summed E-state index contributed by atoms with van der Waals surface area (Å²) in [6, 6.07) is 3.61. The van der Waals surface area contributed by atoms with Crippen LogP contribution in [-0.2, 0) is 0 Å². The molecule has 1 aliphatic carbocycles. The Morgan fingerprint density at radius 1 is 1.44 bits per heavy atom. The molecule has 1 saturated carbocycles. The third-order valence-electron chi connectivity index (χ3n) is 3.85. The third kappa shape index (κ3) is 3.00. The van der Waals surface area contributed by atoms with E-state index in [4.69, 9.17) is 0 Å². The Bertz CT molecular complexity index is 402. The molecule has 0 bridgehead atoms. The average Bonchev–Trinajstić information content (AvgIpc) is 2.81. The first-order valence-electron chi connectivity index (χ1n) is 6.62. The second-order valence-corrected chi connectivity index (χ2v) is 5.06. The van der Waals surface area contributed by atoms with E-state index < -0.39 is 0 Å². The molecule has 0 aromatic carbocycles. The summed E-state index contributed by atoms with van der Waals surface area (Å²) in [6.07, 6.45) is 5.43. The molecule has 0 radical (unpaired) electrons. The van der Waals surface area contributed by atoms with Crippen LogP contribution in [0.5, 0.6) is 0 Å². The number of nitrogens with one attached hydrogen (secondary N) is 2. The van der Waals surface area contributed by atoms with Crippen LogP contribution in [0.3, 0.4) is 0 Å². The number of amides is 1. The molecule has 2 unspecified atom stereocenters. The number of carbonyl (C=O) groups excluding carboxylic acids is 1. The highest BCUT2D eigenvalue weighted by Gasteiger charge is 2.23. The lowest BCUT2D eigenvalue weighted by atomic mass is 9.98. The summed E-state index contributed by atoms with van der Waals surface area (Å²) in [4.78, 5) is 16.1. The smallest absolute Gasteiger partial charge is 0.252 e. The van der Waals surface area contributed by atoms with Crippen LogP contribution < -0.4 is 10.6 Å². The minimum Gasteiger partial charge on any atom is -0.373 e. The summed E-state index contributed by atoms with van der Waals surface area (Å²) in [5.74, 6) is 2.12. The van der Waals surface area contributed by atoms with Crippen molar-refractivity contribution in [2.45, 2.75) is 26.2 Å². The van der Waals surface area contributed by atoms with Gasteiger partial charge in [0.2, 0.25) is 0 Å². The van der Waals surface area contributed by atoms with Crippen molar-refractivity contribution in [2.75, 3.05) is 18.9 Å². The molecule has 4 nitrogen and oxygen atoms in total. The van der Waals surface area contributed by atoms with Crippen molar-refractivity contribution in [1.29, 1.82) is 0 Å². The molecular formula is C14H21N3O. The van der Waals surface area contributed by atoms with E-state index in [1.807, 2.05) is 13.1 Å². The second-order valence-electron chi connectivity index (χ2n) is 5.06. The number of hydrogen-bond acceptors (Lipinski definition) is 3. The van der Waals surface area contributed by atoms with Crippen molar-refractivity contribution >= 4 is 11.7 Å². The van der Waals surface area contributed by atoms with E-state index in [9.17, 15) is 4.79 Å². The first kappa shape index (κ1) is 12.9. The van der Waals surface area contributed by atoms with E-state index in [0.29, 0.717) is 11.5 Å². The van der Waals surface area contributed by atoms with Gasteiger partial charge in [-0.1, -0.05) is 19.8 Å². The second kappa shape index (κ2) is 5.85. The molecule has 0 saturated heterocycles. The molecule has 2 rings (SSSR count). The SMILES string of the molecule is CNc1ccc(C(=O)NCC2CCCC2C)cn1. The number of rotatable bonds is 4. The highest BCUT2D eigenvalue weighted by Crippen LogP contribution is 2.30. The van der Waals surface area contributed by atoms with E-state index in [-0.39, 0.29) is 5.91 Å². The maximum Gasteiger partial charge on any atom is 0.252 e. The Kier molecular flexibility index (Phi) is 4.18. The molecule has 0 spiro atoms. The lowest BCUT2D eigenvalue weighted by Gasteiger charge is -2.15. The highest BCUT2D eigenvalue weighted by atomic mass is 16.1. The number of hydrogen-bond donors (Lipinski definition) is 2. The fourth-order valence-corrected chi connectivity index (χ4v) is 2.53. The topological polar surface area (TPSA) is 54.0 Å². The van der Waals surface area contributed by atoms with Gasteiger partial charge in [-0.25, -0.2) is 4.98 Å². The number of carbonyl (C=O) groups is 1. The van der Waals surface area contributed by atoms with Crippen molar-refractivity contribution in [1.82, 2.24) is 10.3 Å². The van der Waals surface area contributed by atoms with Crippen LogP contribution in [0.1, 0.15) is 36.5 Å². The number of aromatic nitrogens is 1. The van der Waals surface area contributed by atoms with Gasteiger partial charge in [0.1, 0.15) is 5.82 Å². The van der Waals surface area contributed by atoms with Gasteiger partial charge < -0.3 is 10.6 Å². The molecule has 18 heavy (non-hydrogen) atoms. The minimum atomic E-state index is -0.0238. The molecule has 1 aromatic heterocycles. The maximum atomic E-state index is 11.9. The molecule has 98 valence electrons. The summed E-state index contributed by atoms with van der Waals surface area (Å²) >= 11 is 0. The Morgan fingerprint density at radius 2 is 2.28 bits per heavy atom. The van der Waals surface area contributed by atoms with Crippen LogP contribution in [0.15, 0.2) is 18.3 Å². The summed E-state index contributed by atoms with van der Waals surface area (Å²) in [7, 11) is 1.81. The molecule has 1 heterocycles. The zero-order valence-corrected chi connectivity index (χ0v) is 11.1. The number of nitrogens with zero attached hydrogens (tertiary/aromatic N) is 1. The lowest BCUT2D eigenvalue weighted by Crippen LogP contribution is -2.30.